The molecule has 6 nitrogen and oxygen atoms in total. The fraction of sp³-hybridized carbons (Fsp3) is 0.364. The van der Waals surface area contributed by atoms with E-state index in [1.165, 1.54) is 0 Å². The minimum Gasteiger partial charge on any atom is -0.434 e. The highest BCUT2D eigenvalue weighted by Gasteiger charge is 2.03. The lowest BCUT2D eigenvalue weighted by molar-refractivity contribution is 0.455. The van der Waals surface area contributed by atoms with Gasteiger partial charge in [-0.2, -0.15) is 5.10 Å². The molecular weight excluding hydrogens is 218 g/mol. The maximum Gasteiger partial charge on any atom is 0.238 e. The van der Waals surface area contributed by atoms with Crippen molar-refractivity contribution in [2.24, 2.45) is 0 Å². The van der Waals surface area contributed by atoms with Crippen LogP contribution < -0.4 is 10.1 Å². The average Bonchev–Trinajstić information content (AvgIpc) is 2.78. The van der Waals surface area contributed by atoms with E-state index in [9.17, 15) is 0 Å². The van der Waals surface area contributed by atoms with Crippen molar-refractivity contribution < 1.29 is 4.74 Å². The first-order valence-electron chi connectivity index (χ1n) is 5.47. The van der Waals surface area contributed by atoms with Crippen LogP contribution in [0.3, 0.4) is 0 Å². The van der Waals surface area contributed by atoms with Gasteiger partial charge in [-0.25, -0.2) is 4.98 Å². The Morgan fingerprint density at radius 1 is 1.35 bits per heavy atom. The second-order valence-electron chi connectivity index (χ2n) is 3.51. The summed E-state index contributed by atoms with van der Waals surface area (Å²) in [5.41, 5.74) is 0.841. The highest BCUT2D eigenvalue weighted by atomic mass is 16.5. The minimum atomic E-state index is 0.480. The largest absolute Gasteiger partial charge is 0.434 e. The fourth-order valence-electron chi connectivity index (χ4n) is 1.39. The number of hydrogen-bond donors (Lipinski definition) is 1. The maximum absolute atomic E-state index is 5.56. The van der Waals surface area contributed by atoms with Crippen LogP contribution in [0.25, 0.3) is 0 Å². The van der Waals surface area contributed by atoms with Crippen molar-refractivity contribution >= 4 is 0 Å². The SMILES string of the molecule is CCn1cc(Oc2cncc(CNC)n2)cn1. The van der Waals surface area contributed by atoms with Gasteiger partial charge < -0.3 is 10.1 Å². The number of nitrogens with zero attached hydrogens (tertiary/aromatic N) is 4. The molecule has 0 radical (unpaired) electrons. The van der Waals surface area contributed by atoms with Gasteiger partial charge in [0.25, 0.3) is 0 Å². The lowest BCUT2D eigenvalue weighted by Gasteiger charge is -2.03. The molecule has 0 saturated heterocycles. The summed E-state index contributed by atoms with van der Waals surface area (Å²) in [6.07, 6.45) is 6.78. The fourth-order valence-corrected chi connectivity index (χ4v) is 1.39. The third kappa shape index (κ3) is 3.01. The maximum atomic E-state index is 5.56. The quantitative estimate of drug-likeness (QED) is 0.840. The van der Waals surface area contributed by atoms with Crippen LogP contribution in [-0.4, -0.2) is 26.8 Å². The van der Waals surface area contributed by atoms with Gasteiger partial charge >= 0.3 is 0 Å². The number of ether oxygens (including phenoxy) is 1. The highest BCUT2D eigenvalue weighted by Crippen LogP contribution is 2.17. The van der Waals surface area contributed by atoms with Gasteiger partial charge in [-0.1, -0.05) is 0 Å². The summed E-state index contributed by atoms with van der Waals surface area (Å²) >= 11 is 0. The molecule has 0 saturated carbocycles. The van der Waals surface area contributed by atoms with Crippen LogP contribution in [0, 0.1) is 0 Å². The van der Waals surface area contributed by atoms with Gasteiger partial charge in [-0.15, -0.1) is 0 Å². The summed E-state index contributed by atoms with van der Waals surface area (Å²) in [5, 5.41) is 7.13. The number of aryl methyl sites for hydroxylation is 1. The van der Waals surface area contributed by atoms with Crippen LogP contribution in [0.1, 0.15) is 12.6 Å². The summed E-state index contributed by atoms with van der Waals surface area (Å²) in [6.45, 7) is 3.50. The Hall–Kier alpha value is -1.95. The first-order chi connectivity index (χ1) is 8.31. The number of nitrogens with one attached hydrogen (secondary N) is 1. The molecule has 2 rings (SSSR count). The van der Waals surface area contributed by atoms with Gasteiger partial charge in [0.2, 0.25) is 5.88 Å². The van der Waals surface area contributed by atoms with Crippen molar-refractivity contribution in [3.8, 4) is 11.6 Å². The molecule has 0 amide bonds. The van der Waals surface area contributed by atoms with Crippen molar-refractivity contribution in [2.75, 3.05) is 7.05 Å². The molecule has 0 spiro atoms. The Morgan fingerprint density at radius 3 is 2.94 bits per heavy atom. The molecule has 0 aromatic carbocycles. The summed E-state index contributed by atoms with van der Waals surface area (Å²) in [4.78, 5) is 8.38. The summed E-state index contributed by atoms with van der Waals surface area (Å²) in [6, 6.07) is 0. The van der Waals surface area contributed by atoms with E-state index in [0.29, 0.717) is 18.2 Å². The molecule has 0 aliphatic heterocycles. The summed E-state index contributed by atoms with van der Waals surface area (Å²) < 4.78 is 7.35. The van der Waals surface area contributed by atoms with Gasteiger partial charge in [0.15, 0.2) is 5.75 Å². The third-order valence-electron chi connectivity index (χ3n) is 2.18. The lowest BCUT2D eigenvalue weighted by atomic mass is 10.4. The van der Waals surface area contributed by atoms with Gasteiger partial charge in [0, 0.05) is 19.3 Å². The van der Waals surface area contributed by atoms with Crippen LogP contribution >= 0.6 is 0 Å². The lowest BCUT2D eigenvalue weighted by Crippen LogP contribution is -2.07. The monoisotopic (exact) mass is 233 g/mol. The van der Waals surface area contributed by atoms with E-state index >= 15 is 0 Å². The predicted molar refractivity (Wildman–Crippen MR) is 62.8 cm³/mol. The second kappa shape index (κ2) is 5.40. The average molecular weight is 233 g/mol. The molecule has 0 bridgehead atoms. The van der Waals surface area contributed by atoms with E-state index in [-0.39, 0.29) is 0 Å². The summed E-state index contributed by atoms with van der Waals surface area (Å²) in [7, 11) is 1.86. The van der Waals surface area contributed by atoms with Crippen molar-refractivity contribution in [3.05, 3.63) is 30.5 Å². The molecule has 0 aliphatic carbocycles. The number of aromatic nitrogens is 4. The highest BCUT2D eigenvalue weighted by molar-refractivity contribution is 5.20. The molecule has 6 heteroatoms. The molecule has 0 aliphatic rings. The van der Waals surface area contributed by atoms with Crippen molar-refractivity contribution in [1.82, 2.24) is 25.1 Å². The van der Waals surface area contributed by atoms with Crippen molar-refractivity contribution in [3.63, 3.8) is 0 Å². The van der Waals surface area contributed by atoms with E-state index in [4.69, 9.17) is 4.74 Å². The molecule has 0 fully saturated rings. The molecule has 2 aromatic rings. The molecular formula is C11H15N5O. The molecule has 2 aromatic heterocycles. The minimum absolute atomic E-state index is 0.480. The van der Waals surface area contributed by atoms with Crippen LogP contribution in [-0.2, 0) is 13.1 Å². The van der Waals surface area contributed by atoms with Crippen molar-refractivity contribution in [2.45, 2.75) is 20.0 Å². The van der Waals surface area contributed by atoms with Gasteiger partial charge in [0.05, 0.1) is 24.3 Å². The first kappa shape index (κ1) is 11.5. The normalized spacial score (nSPS) is 10.5. The topological polar surface area (TPSA) is 64.9 Å². The molecule has 17 heavy (non-hydrogen) atoms. The summed E-state index contributed by atoms with van der Waals surface area (Å²) in [5.74, 6) is 1.15. The third-order valence-corrected chi connectivity index (χ3v) is 2.18. The predicted octanol–water partition coefficient (Wildman–Crippen LogP) is 1.20. The second-order valence-corrected chi connectivity index (χ2v) is 3.51. The van der Waals surface area contributed by atoms with Gasteiger partial charge in [-0.05, 0) is 14.0 Å². The first-order valence-corrected chi connectivity index (χ1v) is 5.47. The molecule has 1 N–H and O–H groups in total. The zero-order valence-corrected chi connectivity index (χ0v) is 9.92. The van der Waals surface area contributed by atoms with E-state index in [1.54, 1.807) is 23.3 Å². The van der Waals surface area contributed by atoms with E-state index in [0.717, 1.165) is 12.2 Å². The Morgan fingerprint density at radius 2 is 2.24 bits per heavy atom. The zero-order chi connectivity index (χ0) is 12.1. The van der Waals surface area contributed by atoms with Crippen LogP contribution in [0.5, 0.6) is 11.6 Å². The van der Waals surface area contributed by atoms with Crippen LogP contribution in [0.2, 0.25) is 0 Å². The molecule has 90 valence electrons. The Balaban J connectivity index is 2.09. The van der Waals surface area contributed by atoms with Crippen molar-refractivity contribution in [1.29, 1.82) is 0 Å². The Kier molecular flexibility index (Phi) is 3.66. The van der Waals surface area contributed by atoms with E-state index in [2.05, 4.69) is 20.4 Å². The number of hydrogen-bond acceptors (Lipinski definition) is 5. The Labute approximate surface area is 99.7 Å². The van der Waals surface area contributed by atoms with E-state index in [1.807, 2.05) is 20.2 Å². The van der Waals surface area contributed by atoms with Crippen LogP contribution in [0.4, 0.5) is 0 Å². The Bertz CT molecular complexity index is 482. The number of rotatable bonds is 5. The standard InChI is InChI=1S/C11H15N5O/c1-3-16-8-10(6-14-16)17-11-7-13-5-9(15-11)4-12-2/h5-8,12H,3-4H2,1-2H3. The molecule has 0 unspecified atom stereocenters. The molecule has 0 atom stereocenters. The zero-order valence-electron chi connectivity index (χ0n) is 9.92. The van der Waals surface area contributed by atoms with E-state index < -0.39 is 0 Å². The van der Waals surface area contributed by atoms with Gasteiger partial charge in [0.1, 0.15) is 0 Å². The van der Waals surface area contributed by atoms with Gasteiger partial charge in [-0.3, -0.25) is 9.67 Å². The smallest absolute Gasteiger partial charge is 0.238 e. The van der Waals surface area contributed by atoms with Crippen LogP contribution in [0.15, 0.2) is 24.8 Å². The molecule has 2 heterocycles.